The fraction of sp³-hybridized carbons (Fsp3) is 0.500. The van der Waals surface area contributed by atoms with Crippen LogP contribution in [-0.2, 0) is 24.3 Å². The number of carbonyl (C=O) groups excluding carboxylic acids is 2. The summed E-state index contributed by atoms with van der Waals surface area (Å²) in [6, 6.07) is 5.67. The van der Waals surface area contributed by atoms with Gasteiger partial charge in [-0.15, -0.1) is 0 Å². The summed E-state index contributed by atoms with van der Waals surface area (Å²) in [5.74, 6) is -0.454. The van der Waals surface area contributed by atoms with Crippen molar-refractivity contribution in [3.8, 4) is 0 Å². The number of piperidine rings is 1. The zero-order valence-corrected chi connectivity index (χ0v) is 14.9. The largest absolute Gasteiger partial charge is 0.466 e. The van der Waals surface area contributed by atoms with Crippen LogP contribution in [0.1, 0.15) is 19.8 Å². The van der Waals surface area contributed by atoms with E-state index in [9.17, 15) is 18.0 Å². The van der Waals surface area contributed by atoms with Gasteiger partial charge in [-0.3, -0.25) is 14.5 Å². The normalized spacial score (nSPS) is 16.4. The Balaban J connectivity index is 1.80. The number of benzene rings is 1. The molecule has 2 rings (SSSR count). The summed E-state index contributed by atoms with van der Waals surface area (Å²) < 4.78 is 27.4. The highest BCUT2D eigenvalue weighted by molar-refractivity contribution is 7.89. The summed E-state index contributed by atoms with van der Waals surface area (Å²) in [5.41, 5.74) is 0.499. The highest BCUT2D eigenvalue weighted by Crippen LogP contribution is 2.19. The second-order valence-electron chi connectivity index (χ2n) is 5.92. The van der Waals surface area contributed by atoms with Crippen molar-refractivity contribution in [2.24, 2.45) is 11.1 Å². The number of nitrogens with one attached hydrogen (secondary N) is 1. The molecule has 0 aromatic heterocycles. The van der Waals surface area contributed by atoms with Gasteiger partial charge < -0.3 is 10.1 Å². The molecule has 0 spiro atoms. The highest BCUT2D eigenvalue weighted by atomic mass is 32.2. The molecule has 1 aromatic carbocycles. The molecule has 0 radical (unpaired) electrons. The van der Waals surface area contributed by atoms with Crippen LogP contribution in [0.2, 0.25) is 0 Å². The van der Waals surface area contributed by atoms with Crippen LogP contribution in [-0.4, -0.2) is 51.4 Å². The van der Waals surface area contributed by atoms with E-state index in [0.29, 0.717) is 38.2 Å². The molecule has 1 amide bonds. The molecule has 0 bridgehead atoms. The molecule has 3 N–H and O–H groups in total. The number of carbonyl (C=O) groups is 2. The third-order valence-electron chi connectivity index (χ3n) is 4.04. The molecule has 8 nitrogen and oxygen atoms in total. The number of likely N-dealkylation sites (tertiary alicyclic amines) is 1. The van der Waals surface area contributed by atoms with E-state index in [1.54, 1.807) is 6.92 Å². The maximum atomic E-state index is 12.1. The summed E-state index contributed by atoms with van der Waals surface area (Å²) in [6.07, 6.45) is 1.35. The van der Waals surface area contributed by atoms with Gasteiger partial charge in [0.2, 0.25) is 15.9 Å². The van der Waals surface area contributed by atoms with E-state index in [0.717, 1.165) is 0 Å². The molecule has 1 fully saturated rings. The number of esters is 1. The smallest absolute Gasteiger partial charge is 0.309 e. The molecular formula is C16H23N3O5S. The zero-order chi connectivity index (χ0) is 18.4. The van der Waals surface area contributed by atoms with E-state index < -0.39 is 10.0 Å². The maximum absolute atomic E-state index is 12.1. The second-order valence-corrected chi connectivity index (χ2v) is 7.48. The Labute approximate surface area is 147 Å². The molecule has 0 atom stereocenters. The summed E-state index contributed by atoms with van der Waals surface area (Å²) >= 11 is 0. The second kappa shape index (κ2) is 8.41. The van der Waals surface area contributed by atoms with Crippen LogP contribution in [0, 0.1) is 5.92 Å². The van der Waals surface area contributed by atoms with Gasteiger partial charge in [0, 0.05) is 5.69 Å². The number of rotatable bonds is 6. The van der Waals surface area contributed by atoms with Crippen molar-refractivity contribution in [1.29, 1.82) is 0 Å². The average Bonchev–Trinajstić information content (AvgIpc) is 2.55. The van der Waals surface area contributed by atoms with Gasteiger partial charge in [0.15, 0.2) is 0 Å². The van der Waals surface area contributed by atoms with Gasteiger partial charge in [0.05, 0.1) is 24.0 Å². The standard InChI is InChI=1S/C16H23N3O5S/c1-2-24-16(21)12-7-9-19(10-8-12)11-15(20)18-13-3-5-14(6-4-13)25(17,22)23/h3-6,12H,2,7-11H2,1H3,(H,18,20)(H2,17,22,23). The zero-order valence-electron chi connectivity index (χ0n) is 14.1. The van der Waals surface area contributed by atoms with Crippen LogP contribution < -0.4 is 10.5 Å². The van der Waals surface area contributed by atoms with Crippen molar-refractivity contribution in [3.63, 3.8) is 0 Å². The van der Waals surface area contributed by atoms with E-state index in [-0.39, 0.29) is 29.2 Å². The van der Waals surface area contributed by atoms with Crippen molar-refractivity contribution in [2.75, 3.05) is 31.6 Å². The number of hydrogen-bond acceptors (Lipinski definition) is 6. The molecular weight excluding hydrogens is 346 g/mol. The molecule has 0 saturated carbocycles. The predicted molar refractivity (Wildman–Crippen MR) is 92.2 cm³/mol. The number of ether oxygens (including phenoxy) is 1. The van der Waals surface area contributed by atoms with Crippen LogP contribution in [0.3, 0.4) is 0 Å². The van der Waals surface area contributed by atoms with E-state index in [1.807, 2.05) is 4.90 Å². The summed E-state index contributed by atoms with van der Waals surface area (Å²) in [7, 11) is -3.75. The molecule has 1 aliphatic rings. The molecule has 1 saturated heterocycles. The van der Waals surface area contributed by atoms with Crippen molar-refractivity contribution >= 4 is 27.6 Å². The molecule has 1 heterocycles. The van der Waals surface area contributed by atoms with Gasteiger partial charge in [0.25, 0.3) is 0 Å². The Morgan fingerprint density at radius 1 is 1.24 bits per heavy atom. The number of sulfonamides is 1. The van der Waals surface area contributed by atoms with Gasteiger partial charge in [-0.2, -0.15) is 0 Å². The first-order valence-electron chi connectivity index (χ1n) is 8.11. The van der Waals surface area contributed by atoms with E-state index in [4.69, 9.17) is 9.88 Å². The van der Waals surface area contributed by atoms with Crippen LogP contribution >= 0.6 is 0 Å². The lowest BCUT2D eigenvalue weighted by Gasteiger charge is -2.30. The molecule has 1 aliphatic heterocycles. The fourth-order valence-corrected chi connectivity index (χ4v) is 3.23. The number of primary sulfonamides is 1. The van der Waals surface area contributed by atoms with E-state index >= 15 is 0 Å². The number of nitrogens with two attached hydrogens (primary N) is 1. The number of hydrogen-bond donors (Lipinski definition) is 2. The summed E-state index contributed by atoms with van der Waals surface area (Å²) in [5, 5.41) is 7.74. The van der Waals surface area contributed by atoms with Gasteiger partial charge in [0.1, 0.15) is 0 Å². The van der Waals surface area contributed by atoms with Crippen molar-refractivity contribution in [1.82, 2.24) is 4.90 Å². The van der Waals surface area contributed by atoms with Crippen molar-refractivity contribution in [2.45, 2.75) is 24.7 Å². The van der Waals surface area contributed by atoms with Crippen LogP contribution in [0.5, 0.6) is 0 Å². The topological polar surface area (TPSA) is 119 Å². The SMILES string of the molecule is CCOC(=O)C1CCN(CC(=O)Nc2ccc(S(N)(=O)=O)cc2)CC1. The first-order valence-corrected chi connectivity index (χ1v) is 9.66. The van der Waals surface area contributed by atoms with Gasteiger partial charge >= 0.3 is 5.97 Å². The van der Waals surface area contributed by atoms with Crippen molar-refractivity contribution in [3.05, 3.63) is 24.3 Å². The lowest BCUT2D eigenvalue weighted by molar-refractivity contribution is -0.149. The summed E-state index contributed by atoms with van der Waals surface area (Å²) in [6.45, 7) is 3.69. The monoisotopic (exact) mass is 369 g/mol. The minimum absolute atomic E-state index is 0.00784. The Kier molecular flexibility index (Phi) is 6.51. The fourth-order valence-electron chi connectivity index (χ4n) is 2.72. The molecule has 138 valence electrons. The van der Waals surface area contributed by atoms with Crippen LogP contribution in [0.25, 0.3) is 0 Å². The van der Waals surface area contributed by atoms with E-state index in [1.165, 1.54) is 24.3 Å². The average molecular weight is 369 g/mol. The van der Waals surface area contributed by atoms with Crippen LogP contribution in [0.4, 0.5) is 5.69 Å². The minimum Gasteiger partial charge on any atom is -0.466 e. The van der Waals surface area contributed by atoms with Crippen LogP contribution in [0.15, 0.2) is 29.2 Å². The molecule has 25 heavy (non-hydrogen) atoms. The third kappa shape index (κ3) is 5.80. The third-order valence-corrected chi connectivity index (χ3v) is 4.97. The Morgan fingerprint density at radius 3 is 2.36 bits per heavy atom. The molecule has 0 unspecified atom stereocenters. The van der Waals surface area contributed by atoms with Crippen molar-refractivity contribution < 1.29 is 22.7 Å². The number of anilines is 1. The number of amides is 1. The summed E-state index contributed by atoms with van der Waals surface area (Å²) in [4.78, 5) is 25.8. The van der Waals surface area contributed by atoms with Gasteiger partial charge in [-0.05, 0) is 57.1 Å². The minimum atomic E-state index is -3.75. The predicted octanol–water partition coefficient (Wildman–Crippen LogP) is 0.548. The quantitative estimate of drug-likeness (QED) is 0.707. The molecule has 1 aromatic rings. The van der Waals surface area contributed by atoms with E-state index in [2.05, 4.69) is 5.32 Å². The lowest BCUT2D eigenvalue weighted by atomic mass is 9.97. The number of nitrogens with zero attached hydrogens (tertiary/aromatic N) is 1. The highest BCUT2D eigenvalue weighted by Gasteiger charge is 2.26. The Morgan fingerprint density at radius 2 is 1.84 bits per heavy atom. The maximum Gasteiger partial charge on any atom is 0.309 e. The van der Waals surface area contributed by atoms with Gasteiger partial charge in [-0.1, -0.05) is 0 Å². The lowest BCUT2D eigenvalue weighted by Crippen LogP contribution is -2.41. The Bertz CT molecular complexity index is 710. The molecule has 0 aliphatic carbocycles. The first-order chi connectivity index (χ1) is 11.8. The van der Waals surface area contributed by atoms with Gasteiger partial charge in [-0.25, -0.2) is 13.6 Å². The molecule has 9 heteroatoms. The first kappa shape index (κ1) is 19.4. The Hall–Kier alpha value is -1.97.